The van der Waals surface area contributed by atoms with Crippen molar-refractivity contribution in [3.05, 3.63) is 0 Å². The average molecular weight is 305 g/mol. The largest absolute Gasteiger partial charge is 0.417 e. The number of hydrogen-bond acceptors (Lipinski definition) is 5. The Morgan fingerprint density at radius 2 is 1.00 bits per heavy atom. The molecule has 0 aromatic heterocycles. The van der Waals surface area contributed by atoms with Gasteiger partial charge in [-0.2, -0.15) is 0 Å². The van der Waals surface area contributed by atoms with E-state index in [2.05, 4.69) is 0 Å². The molecule has 0 aliphatic carbocycles. The van der Waals surface area contributed by atoms with Crippen molar-refractivity contribution in [3.8, 4) is 0 Å². The van der Waals surface area contributed by atoms with Gasteiger partial charge in [0.15, 0.2) is 8.32 Å². The lowest BCUT2D eigenvalue weighted by Gasteiger charge is -2.32. The molecule has 0 unspecified atom stereocenters. The summed E-state index contributed by atoms with van der Waals surface area (Å²) in [7, 11) is -1.69. The Hall–Kier alpha value is 0.0169. The first-order valence-electron chi connectivity index (χ1n) is 8.19. The van der Waals surface area contributed by atoms with Gasteiger partial charge in [0.05, 0.1) is 0 Å². The molecule has 5 nitrogen and oxygen atoms in total. The Bertz CT molecular complexity index is 186. The van der Waals surface area contributed by atoms with Crippen LogP contribution in [0.5, 0.6) is 0 Å². The molecule has 0 heterocycles. The SMILES string of the molecule is NCCCCCO[Si](CCCN)(CCCN)CCCN. The highest BCUT2D eigenvalue weighted by atomic mass is 28.4. The smallest absolute Gasteiger partial charge is 0.192 e. The number of unbranched alkanes of at least 4 members (excludes halogenated alkanes) is 2. The van der Waals surface area contributed by atoms with Gasteiger partial charge < -0.3 is 27.4 Å². The first kappa shape index (κ1) is 20.0. The molecule has 0 aliphatic heterocycles. The molecule has 0 spiro atoms. The molecule has 0 aliphatic rings. The van der Waals surface area contributed by atoms with Gasteiger partial charge in [0.1, 0.15) is 0 Å². The molecule has 0 bridgehead atoms. The van der Waals surface area contributed by atoms with Gasteiger partial charge in [0.2, 0.25) is 0 Å². The minimum Gasteiger partial charge on any atom is -0.417 e. The minimum atomic E-state index is -1.69. The van der Waals surface area contributed by atoms with Crippen LogP contribution >= 0.6 is 0 Å². The Kier molecular flexibility index (Phi) is 14.0. The molecule has 0 aromatic carbocycles. The van der Waals surface area contributed by atoms with Crippen molar-refractivity contribution < 1.29 is 4.43 Å². The lowest BCUT2D eigenvalue weighted by molar-refractivity contribution is 0.284. The van der Waals surface area contributed by atoms with Gasteiger partial charge in [-0.1, -0.05) is 0 Å². The van der Waals surface area contributed by atoms with E-state index in [1.54, 1.807) is 0 Å². The van der Waals surface area contributed by atoms with Gasteiger partial charge in [0, 0.05) is 6.61 Å². The molecule has 0 radical (unpaired) electrons. The number of hydrogen-bond donors (Lipinski definition) is 4. The molecule has 0 rings (SSSR count). The second-order valence-electron chi connectivity index (χ2n) is 5.56. The van der Waals surface area contributed by atoms with E-state index in [4.69, 9.17) is 27.4 Å². The number of nitrogens with two attached hydrogens (primary N) is 4. The Labute approximate surface area is 125 Å². The van der Waals surface area contributed by atoms with Crippen molar-refractivity contribution in [1.29, 1.82) is 0 Å². The van der Waals surface area contributed by atoms with Crippen molar-refractivity contribution in [1.82, 2.24) is 0 Å². The van der Waals surface area contributed by atoms with E-state index in [1.807, 2.05) is 0 Å². The van der Waals surface area contributed by atoms with Gasteiger partial charge in [-0.3, -0.25) is 0 Å². The molecule has 0 amide bonds. The van der Waals surface area contributed by atoms with Crippen LogP contribution < -0.4 is 22.9 Å². The van der Waals surface area contributed by atoms with Crippen molar-refractivity contribution in [2.75, 3.05) is 32.8 Å². The quantitative estimate of drug-likeness (QED) is 0.267. The minimum absolute atomic E-state index is 0.747. The van der Waals surface area contributed by atoms with Crippen LogP contribution in [-0.2, 0) is 4.43 Å². The zero-order chi connectivity index (χ0) is 15.1. The summed E-state index contributed by atoms with van der Waals surface area (Å²) in [5, 5.41) is 0. The van der Waals surface area contributed by atoms with E-state index < -0.39 is 8.32 Å². The Morgan fingerprint density at radius 3 is 1.40 bits per heavy atom. The highest BCUT2D eigenvalue weighted by molar-refractivity contribution is 6.73. The van der Waals surface area contributed by atoms with Crippen LogP contribution in [0.25, 0.3) is 0 Å². The second kappa shape index (κ2) is 14.0. The Balaban J connectivity index is 4.34. The molecule has 0 aromatic rings. The summed E-state index contributed by atoms with van der Waals surface area (Å²) in [4.78, 5) is 0. The molecule has 6 heteroatoms. The molecular weight excluding hydrogens is 268 g/mol. The highest BCUT2D eigenvalue weighted by Gasteiger charge is 2.32. The maximum absolute atomic E-state index is 6.41. The van der Waals surface area contributed by atoms with Crippen LogP contribution in [0.4, 0.5) is 0 Å². The predicted molar refractivity (Wildman–Crippen MR) is 90.0 cm³/mol. The van der Waals surface area contributed by atoms with Crippen LogP contribution in [0.3, 0.4) is 0 Å². The van der Waals surface area contributed by atoms with Gasteiger partial charge in [-0.15, -0.1) is 0 Å². The standard InChI is InChI=1S/C14H36N4OSi/c15-7-2-1-3-11-19-20(12-4-8-16,13-5-9-17)14-6-10-18/h1-18H2. The third-order valence-corrected chi connectivity index (χ3v) is 8.38. The monoisotopic (exact) mass is 304 g/mol. The molecule has 0 atom stereocenters. The van der Waals surface area contributed by atoms with Gasteiger partial charge in [0.25, 0.3) is 0 Å². The van der Waals surface area contributed by atoms with Crippen LogP contribution in [0.15, 0.2) is 0 Å². The summed E-state index contributed by atoms with van der Waals surface area (Å²) >= 11 is 0. The summed E-state index contributed by atoms with van der Waals surface area (Å²) in [6.45, 7) is 3.88. The number of rotatable bonds is 15. The molecule has 0 fully saturated rings. The van der Waals surface area contributed by atoms with E-state index in [0.717, 1.165) is 89.4 Å². The van der Waals surface area contributed by atoms with Gasteiger partial charge in [-0.05, 0) is 82.8 Å². The third kappa shape index (κ3) is 9.85. The van der Waals surface area contributed by atoms with E-state index in [-0.39, 0.29) is 0 Å². The molecule has 122 valence electrons. The average Bonchev–Trinajstić information content (AvgIpc) is 2.48. The van der Waals surface area contributed by atoms with Crippen molar-refractivity contribution in [2.24, 2.45) is 22.9 Å². The molecule has 20 heavy (non-hydrogen) atoms. The van der Waals surface area contributed by atoms with E-state index >= 15 is 0 Å². The lowest BCUT2D eigenvalue weighted by Crippen LogP contribution is -2.40. The van der Waals surface area contributed by atoms with E-state index in [0.29, 0.717) is 0 Å². The fourth-order valence-electron chi connectivity index (χ4n) is 2.58. The predicted octanol–water partition coefficient (Wildman–Crippen LogP) is 1.12. The fourth-order valence-corrected chi connectivity index (χ4v) is 6.88. The Morgan fingerprint density at radius 1 is 0.550 bits per heavy atom. The molecule has 8 N–H and O–H groups in total. The zero-order valence-electron chi connectivity index (χ0n) is 13.1. The summed E-state index contributed by atoms with van der Waals surface area (Å²) in [5.74, 6) is 0. The molecular formula is C14H36N4OSi. The van der Waals surface area contributed by atoms with E-state index in [9.17, 15) is 0 Å². The summed E-state index contributed by atoms with van der Waals surface area (Å²) in [6.07, 6.45) is 6.54. The maximum Gasteiger partial charge on any atom is 0.192 e. The molecule has 0 saturated carbocycles. The van der Waals surface area contributed by atoms with Crippen molar-refractivity contribution in [3.63, 3.8) is 0 Å². The normalized spacial score (nSPS) is 12.0. The van der Waals surface area contributed by atoms with E-state index in [1.165, 1.54) is 0 Å². The van der Waals surface area contributed by atoms with Crippen LogP contribution in [0, 0.1) is 0 Å². The maximum atomic E-state index is 6.41. The van der Waals surface area contributed by atoms with Gasteiger partial charge >= 0.3 is 0 Å². The topological polar surface area (TPSA) is 113 Å². The van der Waals surface area contributed by atoms with Crippen LogP contribution in [0.2, 0.25) is 18.1 Å². The summed E-state index contributed by atoms with van der Waals surface area (Å²) < 4.78 is 6.41. The molecule has 0 saturated heterocycles. The summed E-state index contributed by atoms with van der Waals surface area (Å²) in [6, 6.07) is 3.46. The second-order valence-corrected chi connectivity index (χ2v) is 9.71. The lowest BCUT2D eigenvalue weighted by atomic mass is 10.2. The van der Waals surface area contributed by atoms with Crippen LogP contribution in [0.1, 0.15) is 38.5 Å². The zero-order valence-corrected chi connectivity index (χ0v) is 14.1. The van der Waals surface area contributed by atoms with Gasteiger partial charge in [-0.25, -0.2) is 0 Å². The summed E-state index contributed by atoms with van der Waals surface area (Å²) in [5.41, 5.74) is 22.6. The van der Waals surface area contributed by atoms with Crippen LogP contribution in [-0.4, -0.2) is 41.1 Å². The fraction of sp³-hybridized carbons (Fsp3) is 1.00. The van der Waals surface area contributed by atoms with Crippen molar-refractivity contribution >= 4 is 8.32 Å². The van der Waals surface area contributed by atoms with Crippen molar-refractivity contribution in [2.45, 2.75) is 56.7 Å². The first-order valence-corrected chi connectivity index (χ1v) is 10.7. The highest BCUT2D eigenvalue weighted by Crippen LogP contribution is 2.27. The third-order valence-electron chi connectivity index (χ3n) is 3.77. The first-order chi connectivity index (χ1) is 9.74.